The minimum Gasteiger partial charge on any atom is -0.356 e. The second kappa shape index (κ2) is 10.7. The van der Waals surface area contributed by atoms with Gasteiger partial charge in [0.1, 0.15) is 12.6 Å². The number of Topliss-reactive ketones (excluding diaryl/α,β-unsaturated/α-hetero) is 1. The van der Waals surface area contributed by atoms with E-state index < -0.39 is 85.2 Å². The summed E-state index contributed by atoms with van der Waals surface area (Å²) >= 11 is 0. The number of rotatable bonds is 8. The van der Waals surface area contributed by atoms with Gasteiger partial charge in [-0.05, 0) is 37.5 Å². The molecule has 2 saturated carbocycles. The summed E-state index contributed by atoms with van der Waals surface area (Å²) in [6.07, 6.45) is -4.24. The summed E-state index contributed by atoms with van der Waals surface area (Å²) < 4.78 is 67.5. The van der Waals surface area contributed by atoms with Crippen molar-refractivity contribution in [3.05, 3.63) is 0 Å². The van der Waals surface area contributed by atoms with Crippen LogP contribution in [0.4, 0.5) is 22.0 Å². The normalized spacial score (nSPS) is 29.3. The summed E-state index contributed by atoms with van der Waals surface area (Å²) in [5, 5.41) is 7.22. The number of carbonyl (C=O) groups is 5. The van der Waals surface area contributed by atoms with Gasteiger partial charge in [-0.25, -0.2) is 8.78 Å². The van der Waals surface area contributed by atoms with Crippen LogP contribution in [0.15, 0.2) is 0 Å². The highest BCUT2D eigenvalue weighted by molar-refractivity contribution is 6.35. The Labute approximate surface area is 214 Å². The number of carbonyl (C=O) groups excluding carboxylic acids is 5. The van der Waals surface area contributed by atoms with E-state index in [1.165, 1.54) is 0 Å². The molecule has 2 aliphatic heterocycles. The van der Waals surface area contributed by atoms with Gasteiger partial charge in [-0.15, -0.1) is 13.2 Å². The van der Waals surface area contributed by atoms with E-state index >= 15 is 0 Å². The Hall–Kier alpha value is -2.84. The monoisotopic (exact) mass is 552 g/mol. The third-order valence-electron chi connectivity index (χ3n) is 7.81. The fourth-order valence-electron chi connectivity index (χ4n) is 5.93. The molecule has 2 aliphatic carbocycles. The first-order chi connectivity index (χ1) is 17.7. The van der Waals surface area contributed by atoms with Gasteiger partial charge in [-0.1, -0.05) is 6.42 Å². The molecule has 5 unspecified atom stereocenters. The van der Waals surface area contributed by atoms with E-state index in [1.54, 1.807) is 0 Å². The van der Waals surface area contributed by atoms with E-state index in [0.717, 1.165) is 11.3 Å². The molecule has 0 radical (unpaired) electrons. The van der Waals surface area contributed by atoms with Crippen molar-refractivity contribution in [2.75, 3.05) is 19.7 Å². The lowest BCUT2D eigenvalue weighted by atomic mass is 9.88. The second-order valence-electron chi connectivity index (χ2n) is 10.5. The third-order valence-corrected chi connectivity index (χ3v) is 7.81. The van der Waals surface area contributed by atoms with Gasteiger partial charge in [0.15, 0.2) is 5.78 Å². The first-order valence-corrected chi connectivity index (χ1v) is 12.5. The number of alkyl halides is 5. The van der Waals surface area contributed by atoms with Gasteiger partial charge >= 0.3 is 18.2 Å². The van der Waals surface area contributed by atoms with Crippen molar-refractivity contribution in [2.24, 2.45) is 17.8 Å². The predicted molar refractivity (Wildman–Crippen MR) is 117 cm³/mol. The highest BCUT2D eigenvalue weighted by atomic mass is 19.4. The van der Waals surface area contributed by atoms with Crippen molar-refractivity contribution in [3.63, 3.8) is 0 Å². The first kappa shape index (κ1) is 28.2. The maximum atomic E-state index is 13.4. The summed E-state index contributed by atoms with van der Waals surface area (Å²) in [5.41, 5.74) is 0. The fourth-order valence-corrected chi connectivity index (χ4v) is 5.93. The summed E-state index contributed by atoms with van der Waals surface area (Å²) in [6, 6.07) is -3.55. The molecule has 0 spiro atoms. The minimum atomic E-state index is -5.08. The van der Waals surface area contributed by atoms with Crippen LogP contribution in [0.25, 0.3) is 0 Å². The Balaban J connectivity index is 1.47. The lowest BCUT2D eigenvalue weighted by Gasteiger charge is -2.35. The maximum absolute atomic E-state index is 13.4. The quantitative estimate of drug-likeness (QED) is 0.299. The van der Waals surface area contributed by atoms with Crippen LogP contribution < -0.4 is 16.0 Å². The van der Waals surface area contributed by atoms with Crippen LogP contribution in [0.1, 0.15) is 44.9 Å². The molecule has 4 aliphatic rings. The molecule has 10 nitrogen and oxygen atoms in total. The number of halogens is 5. The average molecular weight is 552 g/mol. The highest BCUT2D eigenvalue weighted by Gasteiger charge is 2.52. The van der Waals surface area contributed by atoms with Gasteiger partial charge in [-0.3, -0.25) is 28.7 Å². The molecule has 4 rings (SSSR count). The lowest BCUT2D eigenvalue weighted by Crippen LogP contribution is -2.58. The van der Waals surface area contributed by atoms with E-state index in [-0.39, 0.29) is 24.8 Å². The van der Waals surface area contributed by atoms with Crippen LogP contribution in [0.2, 0.25) is 0 Å². The molecule has 0 bridgehead atoms. The summed E-state index contributed by atoms with van der Waals surface area (Å²) in [5.74, 6) is -8.64. The van der Waals surface area contributed by atoms with Crippen molar-refractivity contribution in [3.8, 4) is 0 Å². The zero-order valence-corrected chi connectivity index (χ0v) is 20.3. The summed E-state index contributed by atoms with van der Waals surface area (Å²) in [4.78, 5) is 64.6. The smallest absolute Gasteiger partial charge is 0.356 e. The van der Waals surface area contributed by atoms with E-state index in [2.05, 4.69) is 20.7 Å². The van der Waals surface area contributed by atoms with Crippen LogP contribution in [0.3, 0.4) is 0 Å². The second-order valence-corrected chi connectivity index (χ2v) is 10.5. The van der Waals surface area contributed by atoms with E-state index in [9.17, 15) is 45.9 Å². The molecule has 3 N–H and O–H groups in total. The number of amides is 4. The average Bonchev–Trinajstić information content (AvgIpc) is 3.50. The summed E-state index contributed by atoms with van der Waals surface area (Å²) in [7, 11) is 0. The molecule has 4 fully saturated rings. The molecule has 2 heterocycles. The van der Waals surface area contributed by atoms with Gasteiger partial charge in [-0.2, -0.15) is 0 Å². The number of likely N-dealkylation sites (tertiary alicyclic amines) is 1. The SMILES string of the molecule is O=C(NC1CC(F)(F)C1)C(=O)N1CC2CCCC2C1C(=O)NC(CC1CCNC1=O)C(=O)COC(F)(F)F. The molecule has 212 valence electrons. The van der Waals surface area contributed by atoms with E-state index in [4.69, 9.17) is 0 Å². The van der Waals surface area contributed by atoms with Gasteiger partial charge < -0.3 is 20.9 Å². The molecular weight excluding hydrogens is 523 g/mol. The summed E-state index contributed by atoms with van der Waals surface area (Å²) in [6.45, 7) is -0.999. The van der Waals surface area contributed by atoms with Crippen LogP contribution in [-0.2, 0) is 28.7 Å². The van der Waals surface area contributed by atoms with Crippen molar-refractivity contribution in [2.45, 2.75) is 75.4 Å². The minimum absolute atomic E-state index is 0.0661. The van der Waals surface area contributed by atoms with E-state index in [0.29, 0.717) is 25.8 Å². The van der Waals surface area contributed by atoms with E-state index in [1.807, 2.05) is 0 Å². The van der Waals surface area contributed by atoms with Gasteiger partial charge in [0.25, 0.3) is 5.92 Å². The number of nitrogens with zero attached hydrogens (tertiary/aromatic N) is 1. The Bertz CT molecular complexity index is 984. The Morgan fingerprint density at radius 3 is 2.45 bits per heavy atom. The molecule has 5 atom stereocenters. The van der Waals surface area contributed by atoms with Crippen molar-refractivity contribution in [1.82, 2.24) is 20.9 Å². The number of hydrogen-bond acceptors (Lipinski definition) is 6. The van der Waals surface area contributed by atoms with Crippen LogP contribution in [0.5, 0.6) is 0 Å². The Morgan fingerprint density at radius 2 is 1.84 bits per heavy atom. The maximum Gasteiger partial charge on any atom is 0.522 e. The molecule has 15 heteroatoms. The van der Waals surface area contributed by atoms with Crippen LogP contribution in [-0.4, -0.2) is 84.4 Å². The fraction of sp³-hybridized carbons (Fsp3) is 0.783. The molecule has 0 aromatic carbocycles. The number of ether oxygens (including phenoxy) is 1. The number of nitrogens with one attached hydrogen (secondary N) is 3. The van der Waals surface area contributed by atoms with Gasteiger partial charge in [0.05, 0.1) is 6.04 Å². The molecule has 2 saturated heterocycles. The Kier molecular flexibility index (Phi) is 7.96. The van der Waals surface area contributed by atoms with Gasteiger partial charge in [0.2, 0.25) is 11.8 Å². The lowest BCUT2D eigenvalue weighted by molar-refractivity contribution is -0.321. The van der Waals surface area contributed by atoms with Crippen LogP contribution >= 0.6 is 0 Å². The van der Waals surface area contributed by atoms with Gasteiger partial charge in [0, 0.05) is 37.9 Å². The number of fused-ring (bicyclic) bond motifs is 1. The zero-order valence-electron chi connectivity index (χ0n) is 20.3. The number of ketones is 1. The largest absolute Gasteiger partial charge is 0.522 e. The number of hydrogen-bond donors (Lipinski definition) is 3. The van der Waals surface area contributed by atoms with Crippen molar-refractivity contribution in [1.29, 1.82) is 0 Å². The molecule has 0 aromatic heterocycles. The molecular formula is C23H29F5N4O6. The third kappa shape index (κ3) is 6.41. The van der Waals surface area contributed by atoms with Crippen molar-refractivity contribution < 1.29 is 50.7 Å². The zero-order chi connectivity index (χ0) is 27.8. The van der Waals surface area contributed by atoms with Crippen LogP contribution in [0, 0.1) is 17.8 Å². The molecule has 38 heavy (non-hydrogen) atoms. The first-order valence-electron chi connectivity index (χ1n) is 12.5. The standard InChI is InChI=1S/C23H29F5N4O6/c24-22(25)7-13(8-22)30-20(36)21(37)32-9-12-2-1-3-14(12)17(32)19(35)31-15(6-11-4-5-29-18(11)34)16(33)10-38-23(26,27)28/h11-15,17H,1-10H2,(H,29,34)(H,30,36)(H,31,35). The molecule has 0 aromatic rings. The molecule has 4 amide bonds. The predicted octanol–water partition coefficient (Wildman–Crippen LogP) is 0.644. The van der Waals surface area contributed by atoms with Crippen molar-refractivity contribution >= 4 is 29.4 Å². The highest BCUT2D eigenvalue weighted by Crippen LogP contribution is 2.42. The topological polar surface area (TPSA) is 134 Å². The Morgan fingerprint density at radius 1 is 1.13 bits per heavy atom.